The van der Waals surface area contributed by atoms with Crippen molar-refractivity contribution in [2.45, 2.75) is 0 Å². The van der Waals surface area contributed by atoms with Crippen LogP contribution >= 0.6 is 22.6 Å². The van der Waals surface area contributed by atoms with Gasteiger partial charge in [0.1, 0.15) is 0 Å². The first-order valence-electron chi connectivity index (χ1n) is 5.45. The van der Waals surface area contributed by atoms with Crippen LogP contribution in [-0.4, -0.2) is 48.3 Å². The normalized spacial score (nSPS) is 15.8. The number of hydrogen-bond donors (Lipinski definition) is 0. The van der Waals surface area contributed by atoms with Crippen LogP contribution in [0.1, 0.15) is 10.4 Å². The van der Waals surface area contributed by atoms with E-state index in [1.165, 1.54) is 0 Å². The maximum absolute atomic E-state index is 12.2. The highest BCUT2D eigenvalue weighted by Crippen LogP contribution is 2.15. The van der Waals surface area contributed by atoms with Crippen molar-refractivity contribution in [3.8, 4) is 0 Å². The van der Waals surface area contributed by atoms with Gasteiger partial charge in [-0.2, -0.15) is 0 Å². The first-order chi connectivity index (χ1) is 8.22. The second-order valence-electron chi connectivity index (χ2n) is 3.91. The van der Waals surface area contributed by atoms with E-state index in [0.717, 1.165) is 15.5 Å². The molecule has 90 valence electrons. The fourth-order valence-electron chi connectivity index (χ4n) is 1.84. The predicted octanol–water partition coefficient (Wildman–Crippen LogP) is 1.21. The molecule has 0 atom stereocenters. The average molecular weight is 344 g/mol. The Bertz CT molecular complexity index is 428. The summed E-state index contributed by atoms with van der Waals surface area (Å²) in [6, 6.07) is 7.56. The van der Waals surface area contributed by atoms with Crippen LogP contribution in [0.3, 0.4) is 0 Å². The number of piperazine rings is 1. The molecule has 0 unspecified atom stereocenters. The minimum absolute atomic E-state index is 0.0561. The van der Waals surface area contributed by atoms with Gasteiger partial charge < -0.3 is 9.80 Å². The molecule has 0 bridgehead atoms. The second kappa shape index (κ2) is 5.48. The van der Waals surface area contributed by atoms with Gasteiger partial charge in [-0.05, 0) is 34.7 Å². The molecule has 0 N–H and O–H groups in total. The number of hydrogen-bond acceptors (Lipinski definition) is 2. The van der Waals surface area contributed by atoms with Crippen molar-refractivity contribution in [3.63, 3.8) is 0 Å². The van der Waals surface area contributed by atoms with E-state index in [4.69, 9.17) is 0 Å². The highest BCUT2D eigenvalue weighted by molar-refractivity contribution is 14.1. The summed E-state index contributed by atoms with van der Waals surface area (Å²) in [5.74, 6) is 0.0561. The Labute approximate surface area is 114 Å². The van der Waals surface area contributed by atoms with Crippen molar-refractivity contribution in [2.75, 3.05) is 26.2 Å². The molecule has 0 aliphatic carbocycles. The maximum Gasteiger partial charge on any atom is 0.255 e. The minimum atomic E-state index is 0.0561. The zero-order chi connectivity index (χ0) is 12.3. The highest BCUT2D eigenvalue weighted by Gasteiger charge is 2.22. The lowest BCUT2D eigenvalue weighted by Crippen LogP contribution is -2.48. The van der Waals surface area contributed by atoms with Crippen LogP contribution in [0.5, 0.6) is 0 Å². The molecule has 4 nitrogen and oxygen atoms in total. The summed E-state index contributed by atoms with van der Waals surface area (Å²) in [5, 5.41) is 0. The summed E-state index contributed by atoms with van der Waals surface area (Å²) in [5.41, 5.74) is 0.743. The smallest absolute Gasteiger partial charge is 0.255 e. The molecule has 1 fully saturated rings. The molecule has 1 saturated heterocycles. The molecule has 2 amide bonds. The van der Waals surface area contributed by atoms with E-state index in [-0.39, 0.29) is 5.91 Å². The monoisotopic (exact) mass is 344 g/mol. The molecule has 1 aliphatic rings. The van der Waals surface area contributed by atoms with Gasteiger partial charge >= 0.3 is 0 Å². The van der Waals surface area contributed by atoms with Gasteiger partial charge in [0.25, 0.3) is 5.91 Å². The highest BCUT2D eigenvalue weighted by atomic mass is 127. The standard InChI is InChI=1S/C12H13IN2O2/c13-11-4-2-1-3-10(11)12(17)15-7-5-14(9-16)6-8-15/h1-4,9H,5-8H2. The van der Waals surface area contributed by atoms with Crippen LogP contribution in [0.25, 0.3) is 0 Å². The summed E-state index contributed by atoms with van der Waals surface area (Å²) >= 11 is 2.17. The Morgan fingerprint density at radius 2 is 1.82 bits per heavy atom. The lowest BCUT2D eigenvalue weighted by molar-refractivity contribution is -0.119. The molecule has 5 heteroatoms. The number of rotatable bonds is 2. The molecule has 1 aliphatic heterocycles. The molecule has 1 heterocycles. The topological polar surface area (TPSA) is 40.6 Å². The predicted molar refractivity (Wildman–Crippen MR) is 72.7 cm³/mol. The van der Waals surface area contributed by atoms with Gasteiger partial charge in [-0.3, -0.25) is 9.59 Å². The number of amides is 2. The molecule has 17 heavy (non-hydrogen) atoms. The molecule has 0 saturated carbocycles. The Kier molecular flexibility index (Phi) is 3.98. The van der Waals surface area contributed by atoms with E-state index in [0.29, 0.717) is 26.2 Å². The summed E-state index contributed by atoms with van der Waals surface area (Å²) in [6.45, 7) is 2.47. The zero-order valence-electron chi connectivity index (χ0n) is 9.30. The van der Waals surface area contributed by atoms with Gasteiger partial charge in [-0.15, -0.1) is 0 Å². The van der Waals surface area contributed by atoms with Crippen LogP contribution in [-0.2, 0) is 4.79 Å². The summed E-state index contributed by atoms with van der Waals surface area (Å²) in [4.78, 5) is 26.3. The summed E-state index contributed by atoms with van der Waals surface area (Å²) < 4.78 is 0.966. The van der Waals surface area contributed by atoms with E-state index < -0.39 is 0 Å². The molecule has 0 radical (unpaired) electrons. The first kappa shape index (κ1) is 12.3. The molecule has 0 aromatic heterocycles. The Morgan fingerprint density at radius 1 is 1.18 bits per heavy atom. The van der Waals surface area contributed by atoms with Gasteiger partial charge in [-0.25, -0.2) is 0 Å². The SMILES string of the molecule is O=CN1CCN(C(=O)c2ccccc2I)CC1. The van der Waals surface area contributed by atoms with Crippen LogP contribution in [0, 0.1) is 3.57 Å². The van der Waals surface area contributed by atoms with E-state index in [2.05, 4.69) is 22.6 Å². The Morgan fingerprint density at radius 3 is 2.41 bits per heavy atom. The number of carbonyl (C=O) groups is 2. The molecule has 1 aromatic carbocycles. The largest absolute Gasteiger partial charge is 0.342 e. The molecular formula is C12H13IN2O2. The molecule has 2 rings (SSSR count). The third-order valence-electron chi connectivity index (χ3n) is 2.85. The van der Waals surface area contributed by atoms with Gasteiger partial charge in [0.05, 0.1) is 5.56 Å². The maximum atomic E-state index is 12.2. The van der Waals surface area contributed by atoms with Crippen molar-refractivity contribution >= 4 is 34.9 Å². The lowest BCUT2D eigenvalue weighted by Gasteiger charge is -2.32. The molecular weight excluding hydrogens is 331 g/mol. The summed E-state index contributed by atoms with van der Waals surface area (Å²) in [7, 11) is 0. The third kappa shape index (κ3) is 2.77. The van der Waals surface area contributed by atoms with E-state index >= 15 is 0 Å². The van der Waals surface area contributed by atoms with Gasteiger partial charge in [0, 0.05) is 29.7 Å². The van der Waals surface area contributed by atoms with Crippen LogP contribution in [0.4, 0.5) is 0 Å². The number of halogens is 1. The number of carbonyl (C=O) groups excluding carboxylic acids is 2. The van der Waals surface area contributed by atoms with Crippen LogP contribution < -0.4 is 0 Å². The summed E-state index contributed by atoms with van der Waals surface area (Å²) in [6.07, 6.45) is 0.841. The van der Waals surface area contributed by atoms with E-state index in [1.807, 2.05) is 24.3 Å². The Balaban J connectivity index is 2.07. The number of benzene rings is 1. The lowest BCUT2D eigenvalue weighted by atomic mass is 10.2. The van der Waals surface area contributed by atoms with Crippen molar-refractivity contribution in [1.82, 2.24) is 9.80 Å². The minimum Gasteiger partial charge on any atom is -0.342 e. The average Bonchev–Trinajstić information content (AvgIpc) is 2.39. The van der Waals surface area contributed by atoms with Gasteiger partial charge in [0.2, 0.25) is 6.41 Å². The van der Waals surface area contributed by atoms with E-state index in [9.17, 15) is 9.59 Å². The fourth-order valence-corrected chi connectivity index (χ4v) is 2.45. The first-order valence-corrected chi connectivity index (χ1v) is 6.53. The van der Waals surface area contributed by atoms with E-state index in [1.54, 1.807) is 9.80 Å². The van der Waals surface area contributed by atoms with Crippen LogP contribution in [0.15, 0.2) is 24.3 Å². The third-order valence-corrected chi connectivity index (χ3v) is 3.80. The molecule has 1 aromatic rings. The van der Waals surface area contributed by atoms with Crippen molar-refractivity contribution < 1.29 is 9.59 Å². The number of nitrogens with zero attached hydrogens (tertiary/aromatic N) is 2. The quantitative estimate of drug-likeness (QED) is 0.598. The van der Waals surface area contributed by atoms with Crippen molar-refractivity contribution in [2.24, 2.45) is 0 Å². The fraction of sp³-hybridized carbons (Fsp3) is 0.333. The molecule has 0 spiro atoms. The van der Waals surface area contributed by atoms with Gasteiger partial charge in [0.15, 0.2) is 0 Å². The van der Waals surface area contributed by atoms with Crippen LogP contribution in [0.2, 0.25) is 0 Å². The Hall–Kier alpha value is -1.11. The van der Waals surface area contributed by atoms with Gasteiger partial charge in [-0.1, -0.05) is 12.1 Å². The zero-order valence-corrected chi connectivity index (χ0v) is 11.5. The van der Waals surface area contributed by atoms with Crippen molar-refractivity contribution in [1.29, 1.82) is 0 Å². The van der Waals surface area contributed by atoms with Crippen molar-refractivity contribution in [3.05, 3.63) is 33.4 Å². The second-order valence-corrected chi connectivity index (χ2v) is 5.08.